The van der Waals surface area contributed by atoms with Crippen LogP contribution in [0.1, 0.15) is 41.3 Å². The van der Waals surface area contributed by atoms with Crippen LogP contribution in [0.5, 0.6) is 5.75 Å². The zero-order valence-electron chi connectivity index (χ0n) is 19.0. The van der Waals surface area contributed by atoms with Gasteiger partial charge in [0.05, 0.1) is 24.3 Å². The smallest absolute Gasteiger partial charge is 0.293 e. The van der Waals surface area contributed by atoms with Crippen LogP contribution >= 0.6 is 0 Å². The maximum Gasteiger partial charge on any atom is 0.293 e. The van der Waals surface area contributed by atoms with Gasteiger partial charge in [0.1, 0.15) is 18.0 Å². The molecule has 2 aromatic carbocycles. The third-order valence-corrected chi connectivity index (χ3v) is 6.08. The molecule has 6 rings (SSSR count). The van der Waals surface area contributed by atoms with E-state index in [1.807, 2.05) is 44.2 Å². The Labute approximate surface area is 199 Å². The summed E-state index contributed by atoms with van der Waals surface area (Å²) in [5, 5.41) is 10.1. The van der Waals surface area contributed by atoms with Crippen molar-refractivity contribution in [1.82, 2.24) is 15.1 Å². The van der Waals surface area contributed by atoms with E-state index in [0.29, 0.717) is 46.6 Å². The molecule has 2 N–H and O–H groups in total. The van der Waals surface area contributed by atoms with E-state index in [2.05, 4.69) is 25.8 Å². The monoisotopic (exact) mass is 475 g/mol. The zero-order valence-corrected chi connectivity index (χ0v) is 19.0. The highest BCUT2D eigenvalue weighted by atomic mass is 19.1. The Morgan fingerprint density at radius 2 is 2.03 bits per heavy atom. The van der Waals surface area contributed by atoms with Crippen LogP contribution in [0.2, 0.25) is 0 Å². The van der Waals surface area contributed by atoms with Crippen molar-refractivity contribution in [3.63, 3.8) is 0 Å². The Bertz CT molecular complexity index is 1430. The van der Waals surface area contributed by atoms with Crippen LogP contribution in [-0.2, 0) is 0 Å². The van der Waals surface area contributed by atoms with Gasteiger partial charge in [-0.15, -0.1) is 0 Å². The van der Waals surface area contributed by atoms with Crippen LogP contribution in [0, 0.1) is 6.92 Å². The number of amides is 1. The number of ether oxygens (including phenoxy) is 1. The highest BCUT2D eigenvalue weighted by Gasteiger charge is 2.43. The number of oxazole rings is 1. The van der Waals surface area contributed by atoms with Crippen molar-refractivity contribution < 1.29 is 22.9 Å². The van der Waals surface area contributed by atoms with Crippen molar-refractivity contribution >= 4 is 17.3 Å². The number of anilines is 2. The maximum absolute atomic E-state index is 13.3. The van der Waals surface area contributed by atoms with Crippen molar-refractivity contribution in [1.29, 1.82) is 0 Å². The fraction of sp³-hybridized carbons (Fsp3) is 0.280. The number of benzene rings is 2. The van der Waals surface area contributed by atoms with Gasteiger partial charge in [0, 0.05) is 16.8 Å². The van der Waals surface area contributed by atoms with Crippen molar-refractivity contribution in [2.24, 2.45) is 0 Å². The fourth-order valence-corrected chi connectivity index (χ4v) is 3.93. The van der Waals surface area contributed by atoms with E-state index in [-0.39, 0.29) is 17.8 Å². The van der Waals surface area contributed by atoms with Crippen LogP contribution in [0.15, 0.2) is 51.5 Å². The summed E-state index contributed by atoms with van der Waals surface area (Å²) in [6.07, 6.45) is 0.928. The van der Waals surface area contributed by atoms with Gasteiger partial charge in [0.2, 0.25) is 23.4 Å². The number of fused-ring (bicyclic) bond motifs is 1. The van der Waals surface area contributed by atoms with Crippen LogP contribution < -0.4 is 15.4 Å². The number of hydrogen-bond donors (Lipinski definition) is 2. The number of rotatable bonds is 5. The highest BCUT2D eigenvalue weighted by Crippen LogP contribution is 2.43. The Morgan fingerprint density at radius 3 is 2.86 bits per heavy atom. The minimum atomic E-state index is -0.919. The quantitative estimate of drug-likeness (QED) is 0.416. The lowest BCUT2D eigenvalue weighted by atomic mass is 10.1. The molecule has 9 nitrogen and oxygen atoms in total. The summed E-state index contributed by atoms with van der Waals surface area (Å²) in [5.41, 5.74) is 3.66. The number of aromatic nitrogens is 3. The SMILES string of the molecule is Cc1ccc(-c2noc([C@H]3C[C@@H]3F)n2)cc1NC(=O)c1cnc(-c2ccc3c(c2)O[C@H](C)CN3)o1. The van der Waals surface area contributed by atoms with Gasteiger partial charge in [0.15, 0.2) is 0 Å². The Hall–Kier alpha value is -4.21. The van der Waals surface area contributed by atoms with Crippen LogP contribution in [0.25, 0.3) is 22.8 Å². The van der Waals surface area contributed by atoms with Gasteiger partial charge in [-0.1, -0.05) is 17.3 Å². The number of hydrogen-bond acceptors (Lipinski definition) is 8. The summed E-state index contributed by atoms with van der Waals surface area (Å²) in [6.45, 7) is 4.59. The van der Waals surface area contributed by atoms with Gasteiger partial charge >= 0.3 is 0 Å². The molecule has 0 bridgehead atoms. The lowest BCUT2D eigenvalue weighted by molar-refractivity contribution is 0.0997. The minimum absolute atomic E-state index is 0.0519. The molecule has 1 aliphatic heterocycles. The van der Waals surface area contributed by atoms with Crippen molar-refractivity contribution in [2.75, 3.05) is 17.2 Å². The Kier molecular flexibility index (Phi) is 5.01. The lowest BCUT2D eigenvalue weighted by Gasteiger charge is -2.24. The molecule has 2 aromatic heterocycles. The second kappa shape index (κ2) is 8.23. The predicted octanol–water partition coefficient (Wildman–Crippen LogP) is 4.97. The van der Waals surface area contributed by atoms with Crippen LogP contribution in [0.3, 0.4) is 0 Å². The number of nitrogens with one attached hydrogen (secondary N) is 2. The van der Waals surface area contributed by atoms with Gasteiger partial charge in [0.25, 0.3) is 5.91 Å². The number of carbonyl (C=O) groups is 1. The minimum Gasteiger partial charge on any atom is -0.487 e. The van der Waals surface area contributed by atoms with Crippen LogP contribution in [0.4, 0.5) is 15.8 Å². The molecule has 1 saturated carbocycles. The molecular weight excluding hydrogens is 453 g/mol. The lowest BCUT2D eigenvalue weighted by Crippen LogP contribution is -2.27. The number of alkyl halides is 1. The molecule has 2 aliphatic rings. The number of carbonyl (C=O) groups excluding carboxylic acids is 1. The Morgan fingerprint density at radius 1 is 1.20 bits per heavy atom. The molecule has 0 unspecified atom stereocenters. The van der Waals surface area contributed by atoms with E-state index in [9.17, 15) is 9.18 Å². The van der Waals surface area contributed by atoms with Gasteiger partial charge < -0.3 is 24.3 Å². The van der Waals surface area contributed by atoms with Gasteiger partial charge in [-0.25, -0.2) is 9.37 Å². The van der Waals surface area contributed by atoms with Gasteiger partial charge in [-0.2, -0.15) is 4.98 Å². The first kappa shape index (κ1) is 21.3. The average molecular weight is 475 g/mol. The van der Waals surface area contributed by atoms with Gasteiger partial charge in [-0.3, -0.25) is 4.79 Å². The molecule has 1 amide bonds. The molecule has 1 fully saturated rings. The zero-order chi connectivity index (χ0) is 24.1. The molecule has 1 aliphatic carbocycles. The fourth-order valence-electron chi connectivity index (χ4n) is 3.93. The van der Waals surface area contributed by atoms with E-state index in [0.717, 1.165) is 17.8 Å². The normalized spacial score (nSPS) is 20.5. The van der Waals surface area contributed by atoms with E-state index < -0.39 is 12.1 Å². The standard InChI is InChI=1S/C25H22FN5O4/c1-12-3-4-14(22-30-25(35-31-22)16-9-17(16)26)7-19(12)29-23(32)21-11-28-24(34-21)15-5-6-18-20(8-15)33-13(2)10-27-18/h3-8,11,13,16-17,27H,9-10H2,1-2H3,(H,29,32)/t13-,16+,17+/m1/s1. The van der Waals surface area contributed by atoms with Crippen molar-refractivity contribution in [3.8, 4) is 28.6 Å². The molecule has 0 spiro atoms. The van der Waals surface area contributed by atoms with Gasteiger partial charge in [-0.05, 0) is 50.1 Å². The van der Waals surface area contributed by atoms with Crippen LogP contribution in [-0.4, -0.2) is 39.9 Å². The molecule has 3 heterocycles. The Balaban J connectivity index is 1.20. The molecular formula is C25H22FN5O4. The average Bonchev–Trinajstić information content (AvgIpc) is 3.24. The third-order valence-electron chi connectivity index (χ3n) is 6.08. The first-order valence-corrected chi connectivity index (χ1v) is 11.4. The summed E-state index contributed by atoms with van der Waals surface area (Å²) in [4.78, 5) is 21.5. The van der Waals surface area contributed by atoms with E-state index >= 15 is 0 Å². The molecule has 178 valence electrons. The van der Waals surface area contributed by atoms with Crippen molar-refractivity contribution in [3.05, 3.63) is 59.8 Å². The third kappa shape index (κ3) is 4.11. The topological polar surface area (TPSA) is 115 Å². The van der Waals surface area contributed by atoms with E-state index in [1.165, 1.54) is 6.20 Å². The first-order valence-electron chi connectivity index (χ1n) is 11.4. The van der Waals surface area contributed by atoms with E-state index in [1.54, 1.807) is 6.07 Å². The summed E-state index contributed by atoms with van der Waals surface area (Å²) in [5.74, 6) is 0.977. The number of aryl methyl sites for hydroxylation is 1. The number of nitrogens with zero attached hydrogens (tertiary/aromatic N) is 3. The van der Waals surface area contributed by atoms with E-state index in [4.69, 9.17) is 13.7 Å². The molecule has 0 radical (unpaired) electrons. The summed E-state index contributed by atoms with van der Waals surface area (Å²) in [7, 11) is 0. The predicted molar refractivity (Wildman–Crippen MR) is 125 cm³/mol. The number of halogens is 1. The molecule has 0 saturated heterocycles. The molecule has 10 heteroatoms. The molecule has 4 aromatic rings. The summed E-state index contributed by atoms with van der Waals surface area (Å²) >= 11 is 0. The first-order chi connectivity index (χ1) is 16.9. The molecule has 3 atom stereocenters. The summed E-state index contributed by atoms with van der Waals surface area (Å²) in [6, 6.07) is 11.0. The highest BCUT2D eigenvalue weighted by molar-refractivity contribution is 6.03. The maximum atomic E-state index is 13.3. The summed E-state index contributed by atoms with van der Waals surface area (Å²) < 4.78 is 30.1. The largest absolute Gasteiger partial charge is 0.487 e. The second-order valence-electron chi connectivity index (χ2n) is 8.85. The second-order valence-corrected chi connectivity index (χ2v) is 8.85. The van der Waals surface area contributed by atoms with Crippen molar-refractivity contribution in [2.45, 2.75) is 38.5 Å². The molecule has 35 heavy (non-hydrogen) atoms.